The summed E-state index contributed by atoms with van der Waals surface area (Å²) in [6.07, 6.45) is 1.07. The fraction of sp³-hybridized carbons (Fsp3) is 0.300. The average Bonchev–Trinajstić information content (AvgIpc) is 2.60. The van der Waals surface area contributed by atoms with E-state index in [0.717, 1.165) is 12.0 Å². The summed E-state index contributed by atoms with van der Waals surface area (Å²) in [7, 11) is 0. The van der Waals surface area contributed by atoms with Crippen molar-refractivity contribution in [3.05, 3.63) is 65.2 Å². The zero-order chi connectivity index (χ0) is 17.5. The minimum absolute atomic E-state index is 0.305. The lowest BCUT2D eigenvalue weighted by molar-refractivity contribution is -0.119. The second-order valence-corrected chi connectivity index (χ2v) is 5.87. The van der Waals surface area contributed by atoms with Crippen molar-refractivity contribution in [1.29, 1.82) is 0 Å². The molecule has 1 atom stereocenters. The summed E-state index contributed by atoms with van der Waals surface area (Å²) in [5, 5.41) is 2.73. The summed E-state index contributed by atoms with van der Waals surface area (Å²) in [5.41, 5.74) is 3.23. The van der Waals surface area contributed by atoms with Gasteiger partial charge in [-0.15, -0.1) is 0 Å². The number of benzene rings is 2. The van der Waals surface area contributed by atoms with Crippen LogP contribution in [-0.4, -0.2) is 18.5 Å². The summed E-state index contributed by atoms with van der Waals surface area (Å²) in [4.78, 5) is 23.9. The molecule has 24 heavy (non-hydrogen) atoms. The molecule has 0 aliphatic carbocycles. The fourth-order valence-corrected chi connectivity index (χ4v) is 2.34. The van der Waals surface area contributed by atoms with Crippen LogP contribution in [0.4, 0.5) is 5.69 Å². The van der Waals surface area contributed by atoms with Gasteiger partial charge in [0, 0.05) is 5.69 Å². The first kappa shape index (κ1) is 17.7. The van der Waals surface area contributed by atoms with Crippen molar-refractivity contribution >= 4 is 17.6 Å². The number of anilines is 1. The fourth-order valence-electron chi connectivity index (χ4n) is 2.34. The van der Waals surface area contributed by atoms with Gasteiger partial charge in [0.15, 0.2) is 6.61 Å². The van der Waals surface area contributed by atoms with Crippen molar-refractivity contribution in [3.63, 3.8) is 0 Å². The summed E-state index contributed by atoms with van der Waals surface area (Å²) in [6, 6.07) is 14.9. The van der Waals surface area contributed by atoms with Crippen LogP contribution in [0, 0.1) is 6.92 Å². The molecule has 0 spiro atoms. The molecule has 0 saturated heterocycles. The van der Waals surface area contributed by atoms with E-state index in [2.05, 4.69) is 19.2 Å². The number of hydrogen-bond acceptors (Lipinski definition) is 3. The van der Waals surface area contributed by atoms with Gasteiger partial charge < -0.3 is 10.1 Å². The molecule has 4 heteroatoms. The average molecular weight is 325 g/mol. The largest absolute Gasteiger partial charge is 0.452 e. The summed E-state index contributed by atoms with van der Waals surface area (Å²) < 4.78 is 5.07. The van der Waals surface area contributed by atoms with Gasteiger partial charge >= 0.3 is 5.97 Å². The van der Waals surface area contributed by atoms with E-state index in [1.165, 1.54) is 5.56 Å². The third-order valence-electron chi connectivity index (χ3n) is 4.08. The molecular formula is C20H23NO3. The highest BCUT2D eigenvalue weighted by atomic mass is 16.5. The molecule has 0 radical (unpaired) electrons. The monoisotopic (exact) mass is 325 g/mol. The molecule has 0 unspecified atom stereocenters. The van der Waals surface area contributed by atoms with Crippen LogP contribution in [0.2, 0.25) is 0 Å². The number of nitrogens with one attached hydrogen (secondary N) is 1. The van der Waals surface area contributed by atoms with Crippen LogP contribution < -0.4 is 5.32 Å². The number of carbonyl (C=O) groups excluding carboxylic acids is 2. The minimum atomic E-state index is -0.490. The van der Waals surface area contributed by atoms with E-state index < -0.39 is 5.97 Å². The number of carbonyl (C=O) groups is 2. The van der Waals surface area contributed by atoms with Gasteiger partial charge in [-0.05, 0) is 48.6 Å². The molecular weight excluding hydrogens is 302 g/mol. The predicted molar refractivity (Wildman–Crippen MR) is 95.2 cm³/mol. The molecule has 1 amide bonds. The van der Waals surface area contributed by atoms with E-state index >= 15 is 0 Å². The standard InChI is InChI=1S/C20H23NO3/c1-4-14(2)16-9-11-17(12-10-16)21-19(22)13-24-20(23)18-8-6-5-7-15(18)3/h5-12,14H,4,13H2,1-3H3,(H,21,22)/t14-/m1/s1. The van der Waals surface area contributed by atoms with Crippen molar-refractivity contribution in [2.24, 2.45) is 0 Å². The predicted octanol–water partition coefficient (Wildman–Crippen LogP) is 4.30. The van der Waals surface area contributed by atoms with E-state index in [1.807, 2.05) is 43.3 Å². The van der Waals surface area contributed by atoms with Crippen LogP contribution in [0.1, 0.15) is 47.7 Å². The maximum atomic E-state index is 12.0. The third-order valence-corrected chi connectivity index (χ3v) is 4.08. The molecule has 1 N–H and O–H groups in total. The highest BCUT2D eigenvalue weighted by Gasteiger charge is 2.12. The Morgan fingerprint density at radius 1 is 1.08 bits per heavy atom. The zero-order valence-electron chi connectivity index (χ0n) is 14.3. The quantitative estimate of drug-likeness (QED) is 0.805. The molecule has 0 aliphatic rings. The van der Waals surface area contributed by atoms with Crippen molar-refractivity contribution in [2.75, 3.05) is 11.9 Å². The van der Waals surface area contributed by atoms with Crippen molar-refractivity contribution in [2.45, 2.75) is 33.1 Å². The summed E-state index contributed by atoms with van der Waals surface area (Å²) in [5.74, 6) is -0.353. The van der Waals surface area contributed by atoms with Crippen LogP contribution in [0.15, 0.2) is 48.5 Å². The topological polar surface area (TPSA) is 55.4 Å². The van der Waals surface area contributed by atoms with Crippen LogP contribution >= 0.6 is 0 Å². The Labute approximate surface area is 142 Å². The lowest BCUT2D eigenvalue weighted by atomic mass is 9.99. The van der Waals surface area contributed by atoms with Crippen LogP contribution in [-0.2, 0) is 9.53 Å². The maximum Gasteiger partial charge on any atom is 0.338 e. The van der Waals surface area contributed by atoms with Gasteiger partial charge in [-0.25, -0.2) is 4.79 Å². The number of ether oxygens (including phenoxy) is 1. The molecule has 0 saturated carbocycles. The van der Waals surface area contributed by atoms with Crippen molar-refractivity contribution < 1.29 is 14.3 Å². The van der Waals surface area contributed by atoms with Gasteiger partial charge in [0.1, 0.15) is 0 Å². The number of hydrogen-bond donors (Lipinski definition) is 1. The van der Waals surface area contributed by atoms with Crippen molar-refractivity contribution in [3.8, 4) is 0 Å². The minimum Gasteiger partial charge on any atom is -0.452 e. The highest BCUT2D eigenvalue weighted by molar-refractivity contribution is 5.96. The van der Waals surface area contributed by atoms with Gasteiger partial charge in [-0.3, -0.25) is 4.79 Å². The molecule has 0 heterocycles. The van der Waals surface area contributed by atoms with E-state index in [-0.39, 0.29) is 12.5 Å². The molecule has 0 aromatic heterocycles. The number of aryl methyl sites for hydroxylation is 1. The van der Waals surface area contributed by atoms with Gasteiger partial charge in [0.2, 0.25) is 0 Å². The summed E-state index contributed by atoms with van der Waals surface area (Å²) in [6.45, 7) is 5.83. The molecule has 126 valence electrons. The van der Waals surface area contributed by atoms with E-state index in [0.29, 0.717) is 17.2 Å². The second kappa shape index (κ2) is 8.29. The Morgan fingerprint density at radius 2 is 1.75 bits per heavy atom. The molecule has 0 bridgehead atoms. The number of amides is 1. The van der Waals surface area contributed by atoms with Crippen LogP contribution in [0.25, 0.3) is 0 Å². The van der Waals surface area contributed by atoms with Gasteiger partial charge in [0.25, 0.3) is 5.91 Å². The van der Waals surface area contributed by atoms with Crippen LogP contribution in [0.5, 0.6) is 0 Å². The first-order chi connectivity index (χ1) is 11.5. The molecule has 2 rings (SSSR count). The lowest BCUT2D eigenvalue weighted by Crippen LogP contribution is -2.21. The zero-order valence-corrected chi connectivity index (χ0v) is 14.3. The van der Waals surface area contributed by atoms with Gasteiger partial charge in [-0.1, -0.05) is 44.2 Å². The Kier molecular flexibility index (Phi) is 6.13. The van der Waals surface area contributed by atoms with E-state index in [1.54, 1.807) is 12.1 Å². The molecule has 4 nitrogen and oxygen atoms in total. The number of rotatable bonds is 6. The molecule has 2 aromatic carbocycles. The van der Waals surface area contributed by atoms with E-state index in [4.69, 9.17) is 4.74 Å². The molecule has 0 aliphatic heterocycles. The third kappa shape index (κ3) is 4.69. The molecule has 0 fully saturated rings. The first-order valence-corrected chi connectivity index (χ1v) is 8.13. The van der Waals surface area contributed by atoms with Crippen LogP contribution in [0.3, 0.4) is 0 Å². The van der Waals surface area contributed by atoms with Crippen molar-refractivity contribution in [1.82, 2.24) is 0 Å². The first-order valence-electron chi connectivity index (χ1n) is 8.13. The molecule has 2 aromatic rings. The Bertz CT molecular complexity index is 707. The Balaban J connectivity index is 1.87. The summed E-state index contributed by atoms with van der Waals surface area (Å²) >= 11 is 0. The van der Waals surface area contributed by atoms with Gasteiger partial charge in [-0.2, -0.15) is 0 Å². The second-order valence-electron chi connectivity index (χ2n) is 5.87. The maximum absolute atomic E-state index is 12.0. The Morgan fingerprint density at radius 3 is 2.38 bits per heavy atom. The SMILES string of the molecule is CC[C@@H](C)c1ccc(NC(=O)COC(=O)c2ccccc2C)cc1. The highest BCUT2D eigenvalue weighted by Crippen LogP contribution is 2.20. The smallest absolute Gasteiger partial charge is 0.338 e. The Hall–Kier alpha value is -2.62. The normalized spacial score (nSPS) is 11.6. The van der Waals surface area contributed by atoms with Gasteiger partial charge in [0.05, 0.1) is 5.56 Å². The number of esters is 1. The van der Waals surface area contributed by atoms with E-state index in [9.17, 15) is 9.59 Å². The lowest BCUT2D eigenvalue weighted by Gasteiger charge is -2.11.